The Labute approximate surface area is 234 Å². The second-order valence-electron chi connectivity index (χ2n) is 11.7. The van der Waals surface area contributed by atoms with Crippen LogP contribution in [0.1, 0.15) is 60.6 Å². The van der Waals surface area contributed by atoms with Gasteiger partial charge in [0.25, 0.3) is 5.56 Å². The van der Waals surface area contributed by atoms with Gasteiger partial charge in [0.05, 0.1) is 11.1 Å². The van der Waals surface area contributed by atoms with E-state index in [0.29, 0.717) is 28.6 Å². The Morgan fingerprint density at radius 1 is 1.05 bits per heavy atom. The normalized spacial score (nSPS) is 15.5. The molecule has 1 aliphatic carbocycles. The molecule has 1 atom stereocenters. The molecule has 3 amide bonds. The average molecular weight is 554 g/mol. The maximum atomic E-state index is 13.1. The third kappa shape index (κ3) is 8.69. The van der Waals surface area contributed by atoms with Crippen molar-refractivity contribution in [2.24, 2.45) is 5.92 Å². The highest BCUT2D eigenvalue weighted by atomic mass is 16.6. The van der Waals surface area contributed by atoms with E-state index in [1.54, 1.807) is 53.7 Å². The van der Waals surface area contributed by atoms with Crippen molar-refractivity contribution < 1.29 is 23.9 Å². The molecule has 0 saturated heterocycles. The number of hydrogen-bond acceptors (Lipinski definition) is 7. The van der Waals surface area contributed by atoms with Crippen molar-refractivity contribution in [1.29, 1.82) is 0 Å². The standard InChI is InChI=1S/C29H39N5O6/c1-18-12-13-19(24-20-10-8-9-11-21(20)25(36)33-32-24)16-22(18)31-23(35)17-34(27(38)40-29(5,6)7)15-14-30-26(37)39-28(2,3)4/h8-11,13,16,18H,12,14-15,17H2,1-7H3,(H,30,37)(H,31,35)(H,33,36). The molecular formula is C29H39N5O6. The van der Waals surface area contributed by atoms with Crippen LogP contribution in [0.2, 0.25) is 0 Å². The highest BCUT2D eigenvalue weighted by molar-refractivity contribution is 5.94. The summed E-state index contributed by atoms with van der Waals surface area (Å²) in [6.45, 7) is 12.3. The summed E-state index contributed by atoms with van der Waals surface area (Å²) in [5.74, 6) is -0.410. The third-order valence-electron chi connectivity index (χ3n) is 5.82. The first-order valence-corrected chi connectivity index (χ1v) is 13.3. The molecule has 1 aromatic heterocycles. The number of aromatic amines is 1. The van der Waals surface area contributed by atoms with Crippen molar-refractivity contribution in [2.45, 2.75) is 66.1 Å². The Morgan fingerprint density at radius 3 is 2.35 bits per heavy atom. The van der Waals surface area contributed by atoms with Crippen LogP contribution in [0.5, 0.6) is 0 Å². The van der Waals surface area contributed by atoms with Crippen molar-refractivity contribution in [1.82, 2.24) is 25.7 Å². The lowest BCUT2D eigenvalue weighted by Gasteiger charge is -2.28. The van der Waals surface area contributed by atoms with Gasteiger partial charge in [0.2, 0.25) is 5.91 Å². The van der Waals surface area contributed by atoms with Gasteiger partial charge in [-0.25, -0.2) is 14.7 Å². The molecule has 3 rings (SSSR count). The van der Waals surface area contributed by atoms with Gasteiger partial charge in [0.15, 0.2) is 0 Å². The Hall–Kier alpha value is -4.15. The lowest BCUT2D eigenvalue weighted by atomic mass is 9.92. The number of nitrogens with zero attached hydrogens (tertiary/aromatic N) is 2. The summed E-state index contributed by atoms with van der Waals surface area (Å²) >= 11 is 0. The summed E-state index contributed by atoms with van der Waals surface area (Å²) in [5.41, 5.74) is 0.338. The molecule has 40 heavy (non-hydrogen) atoms. The van der Waals surface area contributed by atoms with E-state index in [2.05, 4.69) is 20.8 Å². The fraction of sp³-hybridized carbons (Fsp3) is 0.483. The van der Waals surface area contributed by atoms with Gasteiger partial charge in [-0.1, -0.05) is 31.2 Å². The molecule has 216 valence electrons. The van der Waals surface area contributed by atoms with Crippen LogP contribution < -0.4 is 16.2 Å². The predicted molar refractivity (Wildman–Crippen MR) is 152 cm³/mol. The fourth-order valence-electron chi connectivity index (χ4n) is 4.00. The van der Waals surface area contributed by atoms with Gasteiger partial charge in [0.1, 0.15) is 17.7 Å². The number of carbonyl (C=O) groups excluding carboxylic acids is 3. The number of aromatic nitrogens is 2. The molecule has 11 nitrogen and oxygen atoms in total. The monoisotopic (exact) mass is 553 g/mol. The van der Waals surface area contributed by atoms with Gasteiger partial charge in [-0.05, 0) is 66.0 Å². The van der Waals surface area contributed by atoms with Gasteiger partial charge in [-0.3, -0.25) is 14.5 Å². The molecule has 1 aliphatic rings. The van der Waals surface area contributed by atoms with Crippen LogP contribution in [0.15, 0.2) is 46.9 Å². The first-order valence-electron chi connectivity index (χ1n) is 13.3. The Bertz CT molecular complexity index is 1380. The number of alkyl carbamates (subject to hydrolysis) is 1. The van der Waals surface area contributed by atoms with Crippen LogP contribution in [0.3, 0.4) is 0 Å². The summed E-state index contributed by atoms with van der Waals surface area (Å²) in [7, 11) is 0. The molecule has 1 heterocycles. The van der Waals surface area contributed by atoms with Crippen LogP contribution in [0, 0.1) is 5.92 Å². The van der Waals surface area contributed by atoms with Crippen molar-refractivity contribution in [3.8, 4) is 0 Å². The van der Waals surface area contributed by atoms with E-state index in [1.807, 2.05) is 31.2 Å². The summed E-state index contributed by atoms with van der Waals surface area (Å²) in [6, 6.07) is 7.20. The van der Waals surface area contributed by atoms with E-state index in [0.717, 1.165) is 5.57 Å². The van der Waals surface area contributed by atoms with Crippen molar-refractivity contribution in [3.05, 3.63) is 58.2 Å². The number of ether oxygens (including phenoxy) is 2. The van der Waals surface area contributed by atoms with Crippen LogP contribution in [-0.4, -0.2) is 64.0 Å². The van der Waals surface area contributed by atoms with Gasteiger partial charge in [-0.15, -0.1) is 0 Å². The van der Waals surface area contributed by atoms with Crippen LogP contribution >= 0.6 is 0 Å². The molecule has 0 spiro atoms. The lowest BCUT2D eigenvalue weighted by molar-refractivity contribution is -0.121. The van der Waals surface area contributed by atoms with E-state index < -0.39 is 29.3 Å². The van der Waals surface area contributed by atoms with Gasteiger partial charge >= 0.3 is 12.2 Å². The predicted octanol–water partition coefficient (Wildman–Crippen LogP) is 4.11. The third-order valence-corrected chi connectivity index (χ3v) is 5.82. The van der Waals surface area contributed by atoms with Crippen molar-refractivity contribution in [2.75, 3.05) is 19.6 Å². The number of allylic oxidation sites excluding steroid dienone is 4. The summed E-state index contributed by atoms with van der Waals surface area (Å²) in [6.07, 6.45) is 3.20. The second-order valence-corrected chi connectivity index (χ2v) is 11.7. The average Bonchev–Trinajstić information content (AvgIpc) is 2.83. The largest absolute Gasteiger partial charge is 0.444 e. The second kappa shape index (κ2) is 12.4. The minimum Gasteiger partial charge on any atom is -0.444 e. The van der Waals surface area contributed by atoms with Crippen molar-refractivity contribution >= 4 is 34.4 Å². The smallest absolute Gasteiger partial charge is 0.410 e. The summed E-state index contributed by atoms with van der Waals surface area (Å²) in [5, 5.41) is 13.6. The van der Waals surface area contributed by atoms with E-state index in [9.17, 15) is 19.2 Å². The van der Waals surface area contributed by atoms with Gasteiger partial charge in [0, 0.05) is 29.7 Å². The molecule has 0 radical (unpaired) electrons. The number of amides is 3. The number of fused-ring (bicyclic) bond motifs is 1. The molecule has 2 aromatic rings. The molecular weight excluding hydrogens is 514 g/mol. The molecule has 11 heteroatoms. The Balaban J connectivity index is 1.74. The minimum atomic E-state index is -0.767. The Kier molecular flexibility index (Phi) is 9.39. The number of rotatable bonds is 7. The first kappa shape index (κ1) is 30.4. The highest BCUT2D eigenvalue weighted by Gasteiger charge is 2.26. The maximum absolute atomic E-state index is 13.1. The summed E-state index contributed by atoms with van der Waals surface area (Å²) in [4.78, 5) is 51.5. The zero-order chi connectivity index (χ0) is 29.7. The number of benzene rings is 1. The van der Waals surface area contributed by atoms with Crippen molar-refractivity contribution in [3.63, 3.8) is 0 Å². The van der Waals surface area contributed by atoms with Gasteiger partial charge < -0.3 is 20.1 Å². The van der Waals surface area contributed by atoms with E-state index >= 15 is 0 Å². The fourth-order valence-corrected chi connectivity index (χ4v) is 4.00. The summed E-state index contributed by atoms with van der Waals surface area (Å²) < 4.78 is 10.7. The zero-order valence-corrected chi connectivity index (χ0v) is 24.2. The Morgan fingerprint density at radius 2 is 1.70 bits per heavy atom. The molecule has 1 unspecified atom stereocenters. The van der Waals surface area contributed by atoms with Crippen LogP contribution in [0.4, 0.5) is 9.59 Å². The topological polar surface area (TPSA) is 143 Å². The van der Waals surface area contributed by atoms with Gasteiger partial charge in [-0.2, -0.15) is 5.10 Å². The van der Waals surface area contributed by atoms with Crippen LogP contribution in [-0.2, 0) is 14.3 Å². The lowest BCUT2D eigenvalue weighted by Crippen LogP contribution is -2.46. The molecule has 0 saturated carbocycles. The first-order chi connectivity index (χ1) is 18.6. The number of H-pyrrole nitrogens is 1. The number of hydrogen-bond donors (Lipinski definition) is 3. The molecule has 0 aliphatic heterocycles. The quantitative estimate of drug-likeness (QED) is 0.468. The SMILES string of the molecule is CC1CC=C(c2n[nH]c(=O)c3ccccc23)C=C1NC(=O)CN(CCNC(=O)OC(C)(C)C)C(=O)OC(C)(C)C. The van der Waals surface area contributed by atoms with E-state index in [4.69, 9.17) is 9.47 Å². The molecule has 3 N–H and O–H groups in total. The zero-order valence-electron chi connectivity index (χ0n) is 24.2. The molecule has 0 fully saturated rings. The minimum absolute atomic E-state index is 0.00513. The maximum Gasteiger partial charge on any atom is 0.410 e. The highest BCUT2D eigenvalue weighted by Crippen LogP contribution is 2.29. The molecule has 1 aromatic carbocycles. The number of carbonyl (C=O) groups is 3. The van der Waals surface area contributed by atoms with E-state index in [-0.39, 0.29) is 31.1 Å². The van der Waals surface area contributed by atoms with E-state index in [1.165, 1.54) is 4.90 Å². The number of nitrogens with one attached hydrogen (secondary N) is 3. The van der Waals surface area contributed by atoms with Crippen LogP contribution in [0.25, 0.3) is 16.3 Å². The molecule has 0 bridgehead atoms.